The van der Waals surface area contributed by atoms with Crippen LogP contribution in [0.15, 0.2) is 35.0 Å². The van der Waals surface area contributed by atoms with E-state index in [1.54, 1.807) is 28.9 Å². The predicted octanol–water partition coefficient (Wildman–Crippen LogP) is 3.52. The molecule has 132 valence electrons. The SMILES string of the molecule is Cc1c(C(C)NC(=O)N(C)Cc2cnn(C)c2)oc2ccc(F)cc12. The van der Waals surface area contributed by atoms with Crippen molar-refractivity contribution in [3.05, 3.63) is 53.3 Å². The van der Waals surface area contributed by atoms with E-state index in [4.69, 9.17) is 4.42 Å². The molecule has 0 radical (unpaired) electrons. The second-order valence-corrected chi connectivity index (χ2v) is 6.28. The van der Waals surface area contributed by atoms with Gasteiger partial charge in [0.2, 0.25) is 0 Å². The average molecular weight is 344 g/mol. The molecule has 1 atom stereocenters. The van der Waals surface area contributed by atoms with Crippen LogP contribution in [0, 0.1) is 12.7 Å². The first-order valence-electron chi connectivity index (χ1n) is 8.03. The molecular formula is C18H21FN4O2. The largest absolute Gasteiger partial charge is 0.459 e. The number of aryl methyl sites for hydroxylation is 2. The molecule has 3 aromatic rings. The number of carbonyl (C=O) groups excluding carboxylic acids is 1. The summed E-state index contributed by atoms with van der Waals surface area (Å²) in [5, 5.41) is 7.73. The van der Waals surface area contributed by atoms with E-state index in [1.165, 1.54) is 12.1 Å². The summed E-state index contributed by atoms with van der Waals surface area (Å²) in [6.07, 6.45) is 3.59. The third kappa shape index (κ3) is 3.50. The van der Waals surface area contributed by atoms with Crippen molar-refractivity contribution in [1.82, 2.24) is 20.0 Å². The smallest absolute Gasteiger partial charge is 0.318 e. The van der Waals surface area contributed by atoms with Crippen molar-refractivity contribution in [1.29, 1.82) is 0 Å². The Labute approximate surface area is 145 Å². The number of urea groups is 1. The highest BCUT2D eigenvalue weighted by Gasteiger charge is 2.20. The standard InChI is InChI=1S/C18H21FN4O2/c1-11-15-7-14(19)5-6-16(15)25-17(11)12(2)21-18(24)22(3)9-13-8-20-23(4)10-13/h5-8,10,12H,9H2,1-4H3,(H,21,24). The minimum absolute atomic E-state index is 0.220. The Morgan fingerprint density at radius 3 is 2.92 bits per heavy atom. The predicted molar refractivity (Wildman–Crippen MR) is 92.5 cm³/mol. The summed E-state index contributed by atoms with van der Waals surface area (Å²) in [6.45, 7) is 4.16. The molecule has 0 bridgehead atoms. The van der Waals surface area contributed by atoms with Crippen molar-refractivity contribution in [3.8, 4) is 0 Å². The number of rotatable bonds is 4. The second kappa shape index (κ2) is 6.58. The van der Waals surface area contributed by atoms with Crippen molar-refractivity contribution < 1.29 is 13.6 Å². The summed E-state index contributed by atoms with van der Waals surface area (Å²) in [6, 6.07) is 3.85. The maximum absolute atomic E-state index is 13.4. The molecule has 0 spiro atoms. The summed E-state index contributed by atoms with van der Waals surface area (Å²) >= 11 is 0. The molecule has 25 heavy (non-hydrogen) atoms. The minimum atomic E-state index is -0.334. The summed E-state index contributed by atoms with van der Waals surface area (Å²) < 4.78 is 20.9. The molecule has 0 aliphatic heterocycles. The van der Waals surface area contributed by atoms with E-state index in [1.807, 2.05) is 27.1 Å². The van der Waals surface area contributed by atoms with E-state index in [0.29, 0.717) is 17.9 Å². The molecule has 2 heterocycles. The van der Waals surface area contributed by atoms with E-state index in [-0.39, 0.29) is 17.9 Å². The zero-order valence-corrected chi connectivity index (χ0v) is 14.7. The van der Waals surface area contributed by atoms with Gasteiger partial charge in [0.15, 0.2) is 0 Å². The number of halogens is 1. The number of carbonyl (C=O) groups is 1. The van der Waals surface area contributed by atoms with Crippen LogP contribution >= 0.6 is 0 Å². The number of amides is 2. The van der Waals surface area contributed by atoms with Gasteiger partial charge in [-0.25, -0.2) is 9.18 Å². The lowest BCUT2D eigenvalue weighted by atomic mass is 10.1. The van der Waals surface area contributed by atoms with Crippen LogP contribution < -0.4 is 5.32 Å². The lowest BCUT2D eigenvalue weighted by Crippen LogP contribution is -2.38. The number of furan rings is 1. The zero-order chi connectivity index (χ0) is 18.1. The Bertz CT molecular complexity index is 915. The molecule has 1 aromatic carbocycles. The number of nitrogens with zero attached hydrogens (tertiary/aromatic N) is 3. The number of aromatic nitrogens is 2. The van der Waals surface area contributed by atoms with Crippen molar-refractivity contribution in [2.75, 3.05) is 7.05 Å². The van der Waals surface area contributed by atoms with Gasteiger partial charge in [-0.2, -0.15) is 5.10 Å². The first kappa shape index (κ1) is 17.0. The van der Waals surface area contributed by atoms with Crippen LogP contribution in [0.3, 0.4) is 0 Å². The molecule has 2 amide bonds. The number of hydrogen-bond acceptors (Lipinski definition) is 3. The Morgan fingerprint density at radius 1 is 1.48 bits per heavy atom. The molecule has 2 aromatic heterocycles. The van der Waals surface area contributed by atoms with Crippen molar-refractivity contribution in [3.63, 3.8) is 0 Å². The molecule has 7 heteroatoms. The van der Waals surface area contributed by atoms with Crippen LogP contribution in [0.25, 0.3) is 11.0 Å². The van der Waals surface area contributed by atoms with Crippen molar-refractivity contribution in [2.45, 2.75) is 26.4 Å². The van der Waals surface area contributed by atoms with Gasteiger partial charge in [-0.05, 0) is 32.0 Å². The molecular weight excluding hydrogens is 323 g/mol. The normalized spacial score (nSPS) is 12.4. The van der Waals surface area contributed by atoms with Crippen LogP contribution in [0.2, 0.25) is 0 Å². The van der Waals surface area contributed by atoms with Gasteiger partial charge in [-0.1, -0.05) is 0 Å². The molecule has 6 nitrogen and oxygen atoms in total. The lowest BCUT2D eigenvalue weighted by molar-refractivity contribution is 0.202. The Morgan fingerprint density at radius 2 is 2.24 bits per heavy atom. The van der Waals surface area contributed by atoms with Crippen molar-refractivity contribution in [2.24, 2.45) is 7.05 Å². The van der Waals surface area contributed by atoms with E-state index < -0.39 is 0 Å². The van der Waals surface area contributed by atoms with Crippen LogP contribution in [-0.2, 0) is 13.6 Å². The summed E-state index contributed by atoms with van der Waals surface area (Å²) in [5.74, 6) is 0.319. The van der Waals surface area contributed by atoms with E-state index in [2.05, 4.69) is 10.4 Å². The van der Waals surface area contributed by atoms with E-state index >= 15 is 0 Å². The fourth-order valence-electron chi connectivity index (χ4n) is 2.89. The van der Waals surface area contributed by atoms with Gasteiger partial charge in [-0.3, -0.25) is 4.68 Å². The molecule has 0 saturated heterocycles. The maximum atomic E-state index is 13.4. The number of nitrogens with one attached hydrogen (secondary N) is 1. The molecule has 0 fully saturated rings. The van der Waals surface area contributed by atoms with E-state index in [0.717, 1.165) is 16.5 Å². The minimum Gasteiger partial charge on any atom is -0.459 e. The molecule has 1 unspecified atom stereocenters. The Kier molecular flexibility index (Phi) is 4.48. The van der Waals surface area contributed by atoms with Gasteiger partial charge in [0, 0.05) is 36.8 Å². The fraction of sp³-hybridized carbons (Fsp3) is 0.333. The van der Waals surface area contributed by atoms with Crippen molar-refractivity contribution >= 4 is 17.0 Å². The number of hydrogen-bond donors (Lipinski definition) is 1. The highest BCUT2D eigenvalue weighted by Crippen LogP contribution is 2.30. The molecule has 0 saturated carbocycles. The third-order valence-electron chi connectivity index (χ3n) is 4.19. The van der Waals surface area contributed by atoms with Gasteiger partial charge in [0.25, 0.3) is 0 Å². The monoisotopic (exact) mass is 344 g/mol. The highest BCUT2D eigenvalue weighted by atomic mass is 19.1. The summed E-state index contributed by atoms with van der Waals surface area (Å²) in [4.78, 5) is 14.0. The average Bonchev–Trinajstić information content (AvgIpc) is 3.11. The van der Waals surface area contributed by atoms with Gasteiger partial charge in [0.1, 0.15) is 17.2 Å². The quantitative estimate of drug-likeness (QED) is 0.788. The first-order valence-corrected chi connectivity index (χ1v) is 8.03. The van der Waals surface area contributed by atoms with Gasteiger partial charge in [0.05, 0.1) is 18.8 Å². The molecule has 3 rings (SSSR count). The van der Waals surface area contributed by atoms with Gasteiger partial charge >= 0.3 is 6.03 Å². The van der Waals surface area contributed by atoms with Gasteiger partial charge in [-0.15, -0.1) is 0 Å². The van der Waals surface area contributed by atoms with Crippen LogP contribution in [0.4, 0.5) is 9.18 Å². The summed E-state index contributed by atoms with van der Waals surface area (Å²) in [5.41, 5.74) is 2.39. The summed E-state index contributed by atoms with van der Waals surface area (Å²) in [7, 11) is 3.55. The Hall–Kier alpha value is -2.83. The fourth-order valence-corrected chi connectivity index (χ4v) is 2.89. The number of fused-ring (bicyclic) bond motifs is 1. The van der Waals surface area contributed by atoms with Crippen LogP contribution in [0.1, 0.15) is 29.9 Å². The zero-order valence-electron chi connectivity index (χ0n) is 14.7. The second-order valence-electron chi connectivity index (χ2n) is 6.28. The van der Waals surface area contributed by atoms with Crippen LogP contribution in [0.5, 0.6) is 0 Å². The van der Waals surface area contributed by atoms with Gasteiger partial charge < -0.3 is 14.6 Å². The van der Waals surface area contributed by atoms with Crippen LogP contribution in [-0.4, -0.2) is 27.8 Å². The third-order valence-corrected chi connectivity index (χ3v) is 4.19. The molecule has 0 aliphatic carbocycles. The highest BCUT2D eigenvalue weighted by molar-refractivity contribution is 5.82. The maximum Gasteiger partial charge on any atom is 0.318 e. The topological polar surface area (TPSA) is 63.3 Å². The lowest BCUT2D eigenvalue weighted by Gasteiger charge is -2.20. The molecule has 0 aliphatic rings. The van der Waals surface area contributed by atoms with E-state index in [9.17, 15) is 9.18 Å². The Balaban J connectivity index is 1.72. The molecule has 1 N–H and O–H groups in total. The number of benzene rings is 1. The first-order chi connectivity index (χ1) is 11.8.